The first-order chi connectivity index (χ1) is 9.54. The van der Waals surface area contributed by atoms with Gasteiger partial charge in [-0.2, -0.15) is 10.2 Å². The molecule has 0 atom stereocenters. The number of hydrogen-bond acceptors (Lipinski definition) is 3. The molecule has 2 aromatic rings. The SMILES string of the molecule is Cc1cc(NCc2cc(C3CC3)nn2C(C)C)n(C)n1. The average Bonchev–Trinajstić information content (AvgIpc) is 3.06. The summed E-state index contributed by atoms with van der Waals surface area (Å²) in [7, 11) is 1.96. The van der Waals surface area contributed by atoms with Crippen molar-refractivity contribution in [2.24, 2.45) is 7.05 Å². The van der Waals surface area contributed by atoms with Crippen molar-refractivity contribution in [3.8, 4) is 0 Å². The molecule has 5 nitrogen and oxygen atoms in total. The molecule has 0 bridgehead atoms. The summed E-state index contributed by atoms with van der Waals surface area (Å²) < 4.78 is 4.02. The molecular weight excluding hydrogens is 250 g/mol. The van der Waals surface area contributed by atoms with Crippen LogP contribution in [-0.4, -0.2) is 19.6 Å². The minimum Gasteiger partial charge on any atom is -0.365 e. The van der Waals surface area contributed by atoms with Gasteiger partial charge in [0.25, 0.3) is 0 Å². The van der Waals surface area contributed by atoms with E-state index >= 15 is 0 Å². The molecule has 0 unspecified atom stereocenters. The van der Waals surface area contributed by atoms with E-state index in [1.165, 1.54) is 24.2 Å². The molecular formula is C15H23N5. The van der Waals surface area contributed by atoms with Gasteiger partial charge in [0, 0.05) is 25.1 Å². The number of aromatic nitrogens is 4. The summed E-state index contributed by atoms with van der Waals surface area (Å²) in [6.07, 6.45) is 2.59. The monoisotopic (exact) mass is 273 g/mol. The minimum absolute atomic E-state index is 0.396. The highest BCUT2D eigenvalue weighted by Crippen LogP contribution is 2.39. The molecule has 2 heterocycles. The fourth-order valence-corrected chi connectivity index (χ4v) is 2.57. The van der Waals surface area contributed by atoms with Crippen LogP contribution in [0.1, 0.15) is 55.7 Å². The van der Waals surface area contributed by atoms with Crippen LogP contribution in [0.15, 0.2) is 12.1 Å². The van der Waals surface area contributed by atoms with E-state index in [1.807, 2.05) is 18.7 Å². The number of hydrogen-bond donors (Lipinski definition) is 1. The second-order valence-electron chi connectivity index (χ2n) is 6.02. The Labute approximate surface area is 120 Å². The smallest absolute Gasteiger partial charge is 0.124 e. The van der Waals surface area contributed by atoms with Gasteiger partial charge in [0.2, 0.25) is 0 Å². The Balaban J connectivity index is 1.77. The largest absolute Gasteiger partial charge is 0.365 e. The summed E-state index contributed by atoms with van der Waals surface area (Å²) in [5, 5.41) is 12.6. The van der Waals surface area contributed by atoms with Crippen LogP contribution in [0.2, 0.25) is 0 Å². The van der Waals surface area contributed by atoms with E-state index in [0.29, 0.717) is 12.0 Å². The van der Waals surface area contributed by atoms with Crippen LogP contribution in [-0.2, 0) is 13.6 Å². The van der Waals surface area contributed by atoms with Crippen molar-refractivity contribution >= 4 is 5.82 Å². The number of anilines is 1. The van der Waals surface area contributed by atoms with Crippen LogP contribution in [0, 0.1) is 6.92 Å². The van der Waals surface area contributed by atoms with Crippen LogP contribution in [0.25, 0.3) is 0 Å². The van der Waals surface area contributed by atoms with E-state index in [4.69, 9.17) is 5.10 Å². The second kappa shape index (κ2) is 4.96. The zero-order valence-electron chi connectivity index (χ0n) is 12.7. The molecule has 1 N–H and O–H groups in total. The first-order valence-electron chi connectivity index (χ1n) is 7.37. The zero-order chi connectivity index (χ0) is 14.3. The van der Waals surface area contributed by atoms with Gasteiger partial charge >= 0.3 is 0 Å². The van der Waals surface area contributed by atoms with Gasteiger partial charge in [-0.15, -0.1) is 0 Å². The van der Waals surface area contributed by atoms with Crippen molar-refractivity contribution in [3.05, 3.63) is 29.2 Å². The molecule has 5 heteroatoms. The normalized spacial score (nSPS) is 15.1. The fourth-order valence-electron chi connectivity index (χ4n) is 2.57. The molecule has 1 aliphatic rings. The van der Waals surface area contributed by atoms with E-state index in [9.17, 15) is 0 Å². The third-order valence-electron chi connectivity index (χ3n) is 3.77. The van der Waals surface area contributed by atoms with Crippen LogP contribution < -0.4 is 5.32 Å². The van der Waals surface area contributed by atoms with Crippen molar-refractivity contribution in [1.82, 2.24) is 19.6 Å². The van der Waals surface area contributed by atoms with E-state index in [0.717, 1.165) is 18.1 Å². The van der Waals surface area contributed by atoms with E-state index in [2.05, 4.69) is 41.1 Å². The van der Waals surface area contributed by atoms with Crippen LogP contribution in [0.5, 0.6) is 0 Å². The summed E-state index contributed by atoms with van der Waals surface area (Å²) >= 11 is 0. The Morgan fingerprint density at radius 2 is 2.05 bits per heavy atom. The summed E-state index contributed by atoms with van der Waals surface area (Å²) in [4.78, 5) is 0. The molecule has 20 heavy (non-hydrogen) atoms. The van der Waals surface area contributed by atoms with Gasteiger partial charge in [-0.1, -0.05) is 0 Å². The lowest BCUT2D eigenvalue weighted by Crippen LogP contribution is -2.12. The molecule has 2 aromatic heterocycles. The first kappa shape index (κ1) is 13.2. The third-order valence-corrected chi connectivity index (χ3v) is 3.77. The Morgan fingerprint density at radius 1 is 1.30 bits per heavy atom. The highest BCUT2D eigenvalue weighted by Gasteiger charge is 2.27. The molecule has 0 saturated heterocycles. The summed E-state index contributed by atoms with van der Waals surface area (Å²) in [5.74, 6) is 1.75. The Bertz CT molecular complexity index is 604. The first-order valence-corrected chi connectivity index (χ1v) is 7.37. The van der Waals surface area contributed by atoms with Gasteiger partial charge in [-0.3, -0.25) is 9.36 Å². The van der Waals surface area contributed by atoms with Crippen molar-refractivity contribution in [3.63, 3.8) is 0 Å². The van der Waals surface area contributed by atoms with Gasteiger partial charge in [0.1, 0.15) is 5.82 Å². The standard InChI is InChI=1S/C15H23N5/c1-10(2)20-13(8-14(18-20)12-5-6-12)9-16-15-7-11(3)17-19(15)4/h7-8,10,12,16H,5-6,9H2,1-4H3. The topological polar surface area (TPSA) is 47.7 Å². The number of nitrogens with zero attached hydrogens (tertiary/aromatic N) is 4. The Kier molecular flexibility index (Phi) is 3.28. The predicted molar refractivity (Wildman–Crippen MR) is 79.9 cm³/mol. The Morgan fingerprint density at radius 3 is 2.60 bits per heavy atom. The highest BCUT2D eigenvalue weighted by molar-refractivity contribution is 5.37. The molecule has 1 aliphatic carbocycles. The molecule has 0 spiro atoms. The maximum Gasteiger partial charge on any atom is 0.124 e. The highest BCUT2D eigenvalue weighted by atomic mass is 15.3. The summed E-state index contributed by atoms with van der Waals surface area (Å²) in [6, 6.07) is 4.72. The van der Waals surface area contributed by atoms with E-state index in [1.54, 1.807) is 0 Å². The van der Waals surface area contributed by atoms with Crippen molar-refractivity contribution < 1.29 is 0 Å². The van der Waals surface area contributed by atoms with Crippen LogP contribution >= 0.6 is 0 Å². The molecule has 0 aliphatic heterocycles. The molecule has 0 aromatic carbocycles. The van der Waals surface area contributed by atoms with Crippen LogP contribution in [0.3, 0.4) is 0 Å². The number of rotatable bonds is 5. The van der Waals surface area contributed by atoms with Crippen molar-refractivity contribution in [2.75, 3.05) is 5.32 Å². The zero-order valence-corrected chi connectivity index (χ0v) is 12.7. The van der Waals surface area contributed by atoms with E-state index in [-0.39, 0.29) is 0 Å². The molecule has 3 rings (SSSR count). The van der Waals surface area contributed by atoms with E-state index < -0.39 is 0 Å². The van der Waals surface area contributed by atoms with Gasteiger partial charge in [-0.05, 0) is 39.7 Å². The lowest BCUT2D eigenvalue weighted by Gasteiger charge is -2.12. The lowest BCUT2D eigenvalue weighted by molar-refractivity contribution is 0.507. The molecule has 1 fully saturated rings. The van der Waals surface area contributed by atoms with Gasteiger partial charge in [-0.25, -0.2) is 0 Å². The lowest BCUT2D eigenvalue weighted by atomic mass is 10.2. The minimum atomic E-state index is 0.396. The Hall–Kier alpha value is -1.78. The summed E-state index contributed by atoms with van der Waals surface area (Å²) in [6.45, 7) is 7.16. The molecule has 1 saturated carbocycles. The number of nitrogens with one attached hydrogen (secondary N) is 1. The molecule has 0 amide bonds. The van der Waals surface area contributed by atoms with Crippen molar-refractivity contribution in [2.45, 2.75) is 52.1 Å². The fraction of sp³-hybridized carbons (Fsp3) is 0.600. The summed E-state index contributed by atoms with van der Waals surface area (Å²) in [5.41, 5.74) is 3.54. The quantitative estimate of drug-likeness (QED) is 0.911. The molecule has 108 valence electrons. The number of aryl methyl sites for hydroxylation is 2. The van der Waals surface area contributed by atoms with Gasteiger partial charge < -0.3 is 5.32 Å². The maximum absolute atomic E-state index is 4.77. The maximum atomic E-state index is 4.77. The third kappa shape index (κ3) is 2.57. The average molecular weight is 273 g/mol. The second-order valence-corrected chi connectivity index (χ2v) is 6.02. The van der Waals surface area contributed by atoms with Gasteiger partial charge in [0.05, 0.1) is 23.6 Å². The van der Waals surface area contributed by atoms with Crippen molar-refractivity contribution in [1.29, 1.82) is 0 Å². The van der Waals surface area contributed by atoms with Crippen LogP contribution in [0.4, 0.5) is 5.82 Å². The van der Waals surface area contributed by atoms with Gasteiger partial charge in [0.15, 0.2) is 0 Å². The molecule has 0 radical (unpaired) electrons. The predicted octanol–water partition coefficient (Wildman–Crippen LogP) is 3.00.